The number of methoxy groups -OCH3 is 1. The largest absolute Gasteiger partial charge is 0.465 e. The zero-order valence-corrected chi connectivity index (χ0v) is 12.4. The van der Waals surface area contributed by atoms with Gasteiger partial charge in [-0.05, 0) is 56.6 Å². The molecule has 0 radical (unpaired) electrons. The van der Waals surface area contributed by atoms with E-state index in [0.29, 0.717) is 5.56 Å². The number of piperidine rings is 1. The molecule has 20 heavy (non-hydrogen) atoms. The van der Waals surface area contributed by atoms with E-state index in [4.69, 9.17) is 4.74 Å². The molecular weight excluding hydrogens is 252 g/mol. The predicted molar refractivity (Wildman–Crippen MR) is 79.7 cm³/mol. The summed E-state index contributed by atoms with van der Waals surface area (Å²) in [5.41, 5.74) is 1.78. The standard InChI is InChI=1S/C16H24N2O2/c1-18(11-13-6-8-17-9-7-13)12-14-4-3-5-15(10-14)16(19)20-2/h3-5,10,13,17H,6-9,11-12H2,1-2H3. The monoisotopic (exact) mass is 276 g/mol. The fraction of sp³-hybridized carbons (Fsp3) is 0.562. The second kappa shape index (κ2) is 7.41. The molecular formula is C16H24N2O2. The lowest BCUT2D eigenvalue weighted by Gasteiger charge is -2.27. The maximum atomic E-state index is 11.5. The molecule has 1 N–H and O–H groups in total. The van der Waals surface area contributed by atoms with Crippen molar-refractivity contribution in [2.24, 2.45) is 5.92 Å². The zero-order chi connectivity index (χ0) is 14.4. The number of carbonyl (C=O) groups excluding carboxylic acids is 1. The first-order chi connectivity index (χ1) is 9.69. The highest BCUT2D eigenvalue weighted by Gasteiger charge is 2.15. The van der Waals surface area contributed by atoms with E-state index in [0.717, 1.165) is 37.7 Å². The molecule has 0 aliphatic carbocycles. The Morgan fingerprint density at radius 2 is 2.15 bits per heavy atom. The summed E-state index contributed by atoms with van der Waals surface area (Å²) in [7, 11) is 3.56. The van der Waals surface area contributed by atoms with Crippen LogP contribution in [0.3, 0.4) is 0 Å². The second-order valence-corrected chi connectivity index (χ2v) is 5.58. The number of nitrogens with one attached hydrogen (secondary N) is 1. The number of esters is 1. The van der Waals surface area contributed by atoms with Crippen molar-refractivity contribution in [1.82, 2.24) is 10.2 Å². The molecule has 1 heterocycles. The van der Waals surface area contributed by atoms with Crippen LogP contribution in [0.25, 0.3) is 0 Å². The highest BCUT2D eigenvalue weighted by Crippen LogP contribution is 2.15. The maximum absolute atomic E-state index is 11.5. The summed E-state index contributed by atoms with van der Waals surface area (Å²) >= 11 is 0. The van der Waals surface area contributed by atoms with Crippen LogP contribution in [0.5, 0.6) is 0 Å². The lowest BCUT2D eigenvalue weighted by molar-refractivity contribution is 0.0600. The lowest BCUT2D eigenvalue weighted by Crippen LogP contribution is -2.34. The van der Waals surface area contributed by atoms with Crippen LogP contribution in [0.15, 0.2) is 24.3 Å². The van der Waals surface area contributed by atoms with Crippen molar-refractivity contribution in [2.75, 3.05) is 33.8 Å². The van der Waals surface area contributed by atoms with Gasteiger partial charge in [-0.2, -0.15) is 0 Å². The number of ether oxygens (including phenoxy) is 1. The van der Waals surface area contributed by atoms with E-state index in [9.17, 15) is 4.79 Å². The molecule has 0 bridgehead atoms. The molecule has 1 aliphatic heterocycles. The average molecular weight is 276 g/mol. The number of rotatable bonds is 5. The average Bonchev–Trinajstić information content (AvgIpc) is 2.47. The van der Waals surface area contributed by atoms with Gasteiger partial charge in [0.2, 0.25) is 0 Å². The molecule has 4 nitrogen and oxygen atoms in total. The van der Waals surface area contributed by atoms with E-state index in [1.54, 1.807) is 6.07 Å². The third-order valence-electron chi connectivity index (χ3n) is 3.83. The molecule has 0 atom stereocenters. The molecule has 0 amide bonds. The van der Waals surface area contributed by atoms with Crippen LogP contribution in [0.4, 0.5) is 0 Å². The van der Waals surface area contributed by atoms with Crippen molar-refractivity contribution in [3.8, 4) is 0 Å². The third kappa shape index (κ3) is 4.32. The topological polar surface area (TPSA) is 41.6 Å². The van der Waals surface area contributed by atoms with Crippen molar-refractivity contribution in [3.05, 3.63) is 35.4 Å². The second-order valence-electron chi connectivity index (χ2n) is 5.58. The summed E-state index contributed by atoms with van der Waals surface area (Å²) in [6.07, 6.45) is 2.51. The Hall–Kier alpha value is -1.39. The maximum Gasteiger partial charge on any atom is 0.337 e. The van der Waals surface area contributed by atoms with Crippen LogP contribution in [0.2, 0.25) is 0 Å². The summed E-state index contributed by atoms with van der Waals surface area (Å²) in [6.45, 7) is 4.26. The van der Waals surface area contributed by atoms with Gasteiger partial charge in [-0.1, -0.05) is 12.1 Å². The van der Waals surface area contributed by atoms with Gasteiger partial charge in [-0.25, -0.2) is 4.79 Å². The van der Waals surface area contributed by atoms with Gasteiger partial charge in [-0.3, -0.25) is 0 Å². The number of benzene rings is 1. The summed E-state index contributed by atoms with van der Waals surface area (Å²) in [4.78, 5) is 13.9. The van der Waals surface area contributed by atoms with Crippen molar-refractivity contribution in [3.63, 3.8) is 0 Å². The highest BCUT2D eigenvalue weighted by molar-refractivity contribution is 5.89. The fourth-order valence-electron chi connectivity index (χ4n) is 2.80. The summed E-state index contributed by atoms with van der Waals surface area (Å²) in [6, 6.07) is 7.69. The smallest absolute Gasteiger partial charge is 0.337 e. The molecule has 1 saturated heterocycles. The van der Waals surface area contributed by atoms with Gasteiger partial charge in [0, 0.05) is 13.1 Å². The van der Waals surface area contributed by atoms with Gasteiger partial charge in [-0.15, -0.1) is 0 Å². The van der Waals surface area contributed by atoms with E-state index >= 15 is 0 Å². The van der Waals surface area contributed by atoms with Crippen LogP contribution < -0.4 is 5.32 Å². The normalized spacial score (nSPS) is 16.4. The number of nitrogens with zero attached hydrogens (tertiary/aromatic N) is 1. The Balaban J connectivity index is 1.89. The molecule has 1 aromatic rings. The SMILES string of the molecule is COC(=O)c1cccc(CN(C)CC2CCNCC2)c1. The van der Waals surface area contributed by atoms with Gasteiger partial charge in [0.25, 0.3) is 0 Å². The fourth-order valence-corrected chi connectivity index (χ4v) is 2.80. The van der Waals surface area contributed by atoms with Crippen LogP contribution in [0.1, 0.15) is 28.8 Å². The molecule has 2 rings (SSSR count). The molecule has 1 fully saturated rings. The Bertz CT molecular complexity index is 442. The Labute approximate surface area is 121 Å². The Morgan fingerprint density at radius 3 is 2.85 bits per heavy atom. The van der Waals surface area contributed by atoms with E-state index in [-0.39, 0.29) is 5.97 Å². The predicted octanol–water partition coefficient (Wildman–Crippen LogP) is 1.90. The van der Waals surface area contributed by atoms with Crippen LogP contribution in [0, 0.1) is 5.92 Å². The summed E-state index contributed by atoms with van der Waals surface area (Å²) < 4.78 is 4.76. The minimum Gasteiger partial charge on any atom is -0.465 e. The molecule has 0 spiro atoms. The van der Waals surface area contributed by atoms with Crippen molar-refractivity contribution < 1.29 is 9.53 Å². The first kappa shape index (κ1) is 15.0. The Morgan fingerprint density at radius 1 is 1.40 bits per heavy atom. The zero-order valence-electron chi connectivity index (χ0n) is 12.4. The first-order valence-electron chi connectivity index (χ1n) is 7.25. The van der Waals surface area contributed by atoms with Gasteiger partial charge in [0.1, 0.15) is 0 Å². The number of carbonyl (C=O) groups is 1. The van der Waals surface area contributed by atoms with E-state index < -0.39 is 0 Å². The van der Waals surface area contributed by atoms with E-state index in [2.05, 4.69) is 23.3 Å². The molecule has 0 unspecified atom stereocenters. The van der Waals surface area contributed by atoms with Gasteiger partial charge in [0.15, 0.2) is 0 Å². The molecule has 0 saturated carbocycles. The summed E-state index contributed by atoms with van der Waals surface area (Å²) in [5.74, 6) is 0.512. The van der Waals surface area contributed by atoms with Crippen LogP contribution in [-0.2, 0) is 11.3 Å². The molecule has 1 aromatic carbocycles. The van der Waals surface area contributed by atoms with Gasteiger partial charge >= 0.3 is 5.97 Å². The summed E-state index contributed by atoms with van der Waals surface area (Å²) in [5, 5.41) is 3.39. The minimum absolute atomic E-state index is 0.271. The minimum atomic E-state index is -0.271. The first-order valence-corrected chi connectivity index (χ1v) is 7.25. The third-order valence-corrected chi connectivity index (χ3v) is 3.83. The Kier molecular flexibility index (Phi) is 5.56. The van der Waals surface area contributed by atoms with Crippen molar-refractivity contribution >= 4 is 5.97 Å². The van der Waals surface area contributed by atoms with Crippen molar-refractivity contribution in [1.29, 1.82) is 0 Å². The van der Waals surface area contributed by atoms with Crippen LogP contribution in [-0.4, -0.2) is 44.7 Å². The number of hydrogen-bond acceptors (Lipinski definition) is 4. The number of hydrogen-bond donors (Lipinski definition) is 1. The van der Waals surface area contributed by atoms with E-state index in [1.165, 1.54) is 20.0 Å². The molecule has 110 valence electrons. The van der Waals surface area contributed by atoms with Gasteiger partial charge < -0.3 is 15.0 Å². The van der Waals surface area contributed by atoms with Crippen LogP contribution >= 0.6 is 0 Å². The lowest BCUT2D eigenvalue weighted by atomic mass is 9.97. The molecule has 0 aromatic heterocycles. The highest BCUT2D eigenvalue weighted by atomic mass is 16.5. The molecule has 4 heteroatoms. The molecule has 1 aliphatic rings. The van der Waals surface area contributed by atoms with E-state index in [1.807, 2.05) is 12.1 Å². The van der Waals surface area contributed by atoms with Crippen molar-refractivity contribution in [2.45, 2.75) is 19.4 Å². The van der Waals surface area contributed by atoms with Gasteiger partial charge in [0.05, 0.1) is 12.7 Å². The quantitative estimate of drug-likeness (QED) is 0.834.